The molecule has 0 radical (unpaired) electrons. The van der Waals surface area contributed by atoms with Gasteiger partial charge in [-0.25, -0.2) is 0 Å². The van der Waals surface area contributed by atoms with Crippen molar-refractivity contribution in [3.8, 4) is 0 Å². The summed E-state index contributed by atoms with van der Waals surface area (Å²) in [6, 6.07) is 22.5. The summed E-state index contributed by atoms with van der Waals surface area (Å²) in [7, 11) is 0. The van der Waals surface area contributed by atoms with Gasteiger partial charge in [-0.15, -0.1) is 0 Å². The zero-order valence-corrected chi connectivity index (χ0v) is 19.0. The van der Waals surface area contributed by atoms with Gasteiger partial charge in [0, 0.05) is 18.8 Å². The van der Waals surface area contributed by atoms with Gasteiger partial charge in [-0.1, -0.05) is 25.5 Å². The van der Waals surface area contributed by atoms with Crippen LogP contribution >= 0.6 is 0 Å². The van der Waals surface area contributed by atoms with Gasteiger partial charge in [-0.2, -0.15) is 20.5 Å². The number of hydrogen-bond donors (Lipinski definition) is 0. The molecule has 1 saturated heterocycles. The van der Waals surface area contributed by atoms with Crippen molar-refractivity contribution in [1.82, 2.24) is 0 Å². The van der Waals surface area contributed by atoms with E-state index in [1.54, 1.807) is 0 Å². The van der Waals surface area contributed by atoms with E-state index >= 15 is 0 Å². The van der Waals surface area contributed by atoms with Crippen LogP contribution in [0, 0.1) is 6.92 Å². The summed E-state index contributed by atoms with van der Waals surface area (Å²) in [5.41, 5.74) is 7.01. The zero-order chi connectivity index (χ0) is 22.2. The molecule has 0 spiro atoms. The van der Waals surface area contributed by atoms with Crippen molar-refractivity contribution >= 4 is 28.4 Å². The molecule has 4 rings (SSSR count). The van der Waals surface area contributed by atoms with Gasteiger partial charge >= 0.3 is 0 Å². The number of hydrogen-bond acceptors (Lipinski definition) is 5. The molecule has 164 valence electrons. The number of anilines is 1. The highest BCUT2D eigenvalue weighted by atomic mass is 15.1. The van der Waals surface area contributed by atoms with Gasteiger partial charge in [0.2, 0.25) is 0 Å². The van der Waals surface area contributed by atoms with Crippen LogP contribution in [0.2, 0.25) is 0 Å². The Morgan fingerprint density at radius 3 is 1.97 bits per heavy atom. The van der Waals surface area contributed by atoms with E-state index in [1.807, 2.05) is 49.4 Å². The van der Waals surface area contributed by atoms with Crippen LogP contribution in [0.25, 0.3) is 0 Å². The second kappa shape index (κ2) is 10.8. The fraction of sp³-hybridized carbons (Fsp3) is 0.333. The van der Waals surface area contributed by atoms with E-state index in [0.29, 0.717) is 0 Å². The molecule has 0 saturated carbocycles. The van der Waals surface area contributed by atoms with Crippen molar-refractivity contribution in [3.05, 3.63) is 77.9 Å². The van der Waals surface area contributed by atoms with Crippen LogP contribution in [0.4, 0.5) is 28.4 Å². The average Bonchev–Trinajstić information content (AvgIpc) is 3.37. The summed E-state index contributed by atoms with van der Waals surface area (Å²) < 4.78 is 0. The Hall–Kier alpha value is -3.34. The highest BCUT2D eigenvalue weighted by Gasteiger charge is 2.11. The Bertz CT molecular complexity index is 1060. The Labute approximate surface area is 190 Å². The van der Waals surface area contributed by atoms with Crippen LogP contribution in [-0.2, 0) is 6.42 Å². The van der Waals surface area contributed by atoms with Crippen molar-refractivity contribution in [2.45, 2.75) is 46.0 Å². The van der Waals surface area contributed by atoms with Gasteiger partial charge in [0.25, 0.3) is 0 Å². The molecule has 0 atom stereocenters. The number of azo groups is 2. The van der Waals surface area contributed by atoms with Gasteiger partial charge < -0.3 is 4.90 Å². The summed E-state index contributed by atoms with van der Waals surface area (Å²) in [5.74, 6) is 0. The summed E-state index contributed by atoms with van der Waals surface area (Å²) >= 11 is 0. The van der Waals surface area contributed by atoms with Crippen LogP contribution in [0.5, 0.6) is 0 Å². The number of unbranched alkanes of at least 4 members (excludes halogenated alkanes) is 1. The highest BCUT2D eigenvalue weighted by molar-refractivity contribution is 5.55. The van der Waals surface area contributed by atoms with Crippen molar-refractivity contribution < 1.29 is 0 Å². The Morgan fingerprint density at radius 2 is 1.31 bits per heavy atom. The smallest absolute Gasteiger partial charge is 0.0887 e. The number of nitrogens with zero attached hydrogens (tertiary/aromatic N) is 5. The molecule has 5 heteroatoms. The second-order valence-electron chi connectivity index (χ2n) is 8.35. The van der Waals surface area contributed by atoms with E-state index in [4.69, 9.17) is 0 Å². The van der Waals surface area contributed by atoms with Crippen molar-refractivity contribution in [1.29, 1.82) is 0 Å². The molecular formula is C27H31N5. The Morgan fingerprint density at radius 1 is 0.719 bits per heavy atom. The third-order valence-electron chi connectivity index (χ3n) is 5.81. The minimum atomic E-state index is 0.811. The van der Waals surface area contributed by atoms with E-state index in [-0.39, 0.29) is 0 Å². The van der Waals surface area contributed by atoms with Crippen LogP contribution < -0.4 is 4.90 Å². The fourth-order valence-electron chi connectivity index (χ4n) is 3.86. The third-order valence-corrected chi connectivity index (χ3v) is 5.81. The summed E-state index contributed by atoms with van der Waals surface area (Å²) in [6.45, 7) is 6.53. The fourth-order valence-corrected chi connectivity index (χ4v) is 3.86. The molecular weight excluding hydrogens is 394 g/mol. The maximum atomic E-state index is 4.42. The lowest BCUT2D eigenvalue weighted by molar-refractivity contribution is 0.795. The van der Waals surface area contributed by atoms with Crippen LogP contribution in [-0.4, -0.2) is 13.1 Å². The maximum absolute atomic E-state index is 4.42. The minimum Gasteiger partial charge on any atom is -0.372 e. The summed E-state index contributed by atoms with van der Waals surface area (Å²) in [4.78, 5) is 2.42. The van der Waals surface area contributed by atoms with Crippen molar-refractivity contribution in [3.63, 3.8) is 0 Å². The molecule has 3 aromatic rings. The molecule has 0 amide bonds. The molecule has 32 heavy (non-hydrogen) atoms. The van der Waals surface area contributed by atoms with Crippen LogP contribution in [0.15, 0.2) is 87.2 Å². The Kier molecular flexibility index (Phi) is 7.38. The first-order valence-electron chi connectivity index (χ1n) is 11.6. The molecule has 0 aliphatic carbocycles. The molecule has 1 aliphatic rings. The molecule has 0 bridgehead atoms. The van der Waals surface area contributed by atoms with E-state index < -0.39 is 0 Å². The SMILES string of the molecule is CCCCc1ccc(N=Nc2ccc(N=Nc3ccc(N4CCCC4)cc3)cc2C)cc1. The van der Waals surface area contributed by atoms with Crippen LogP contribution in [0.1, 0.15) is 43.7 Å². The normalized spacial score (nSPS) is 14.1. The average molecular weight is 426 g/mol. The maximum Gasteiger partial charge on any atom is 0.0887 e. The molecule has 5 nitrogen and oxygen atoms in total. The largest absolute Gasteiger partial charge is 0.372 e. The van der Waals surface area contributed by atoms with Crippen LogP contribution in [0.3, 0.4) is 0 Å². The summed E-state index contributed by atoms with van der Waals surface area (Å²) in [6.07, 6.45) is 6.10. The molecule has 1 heterocycles. The quantitative estimate of drug-likeness (QED) is 0.333. The third kappa shape index (κ3) is 5.88. The van der Waals surface area contributed by atoms with Crippen molar-refractivity contribution in [2.75, 3.05) is 18.0 Å². The first-order valence-corrected chi connectivity index (χ1v) is 11.6. The van der Waals surface area contributed by atoms with E-state index in [0.717, 1.165) is 47.8 Å². The van der Waals surface area contributed by atoms with Gasteiger partial charge in [0.05, 0.1) is 22.7 Å². The Balaban J connectivity index is 1.37. The first-order chi connectivity index (χ1) is 15.7. The molecule has 0 N–H and O–H groups in total. The molecule has 3 aromatic carbocycles. The summed E-state index contributed by atoms with van der Waals surface area (Å²) in [5, 5.41) is 17.6. The second-order valence-corrected chi connectivity index (χ2v) is 8.35. The molecule has 1 fully saturated rings. The lowest BCUT2D eigenvalue weighted by atomic mass is 10.1. The molecule has 1 aliphatic heterocycles. The van der Waals surface area contributed by atoms with Gasteiger partial charge in [0.1, 0.15) is 0 Å². The predicted molar refractivity (Wildman–Crippen MR) is 132 cm³/mol. The van der Waals surface area contributed by atoms with E-state index in [2.05, 4.69) is 56.5 Å². The lowest BCUT2D eigenvalue weighted by Crippen LogP contribution is -2.17. The van der Waals surface area contributed by atoms with E-state index in [9.17, 15) is 0 Å². The first kappa shape index (κ1) is 21.9. The zero-order valence-electron chi connectivity index (χ0n) is 19.0. The highest BCUT2D eigenvalue weighted by Crippen LogP contribution is 2.28. The van der Waals surface area contributed by atoms with Gasteiger partial charge in [-0.05, 0) is 98.3 Å². The number of benzene rings is 3. The number of rotatable bonds is 8. The van der Waals surface area contributed by atoms with Crippen molar-refractivity contribution in [2.24, 2.45) is 20.5 Å². The molecule has 0 unspecified atom stereocenters. The lowest BCUT2D eigenvalue weighted by Gasteiger charge is -2.17. The van der Waals surface area contributed by atoms with Gasteiger partial charge in [-0.3, -0.25) is 0 Å². The standard InChI is InChI=1S/C27H31N5/c1-3-4-7-22-8-10-23(11-9-22)29-31-27-17-14-25(20-21(27)2)30-28-24-12-15-26(16-13-24)32-18-5-6-19-32/h8-17,20H,3-7,18-19H2,1-2H3. The van der Waals surface area contributed by atoms with E-state index in [1.165, 1.54) is 36.9 Å². The molecule has 0 aromatic heterocycles. The predicted octanol–water partition coefficient (Wildman–Crippen LogP) is 8.77. The monoisotopic (exact) mass is 425 g/mol. The number of aryl methyl sites for hydroxylation is 2. The topological polar surface area (TPSA) is 52.7 Å². The van der Waals surface area contributed by atoms with Gasteiger partial charge in [0.15, 0.2) is 0 Å². The minimum absolute atomic E-state index is 0.811.